The summed E-state index contributed by atoms with van der Waals surface area (Å²) in [6.45, 7) is 1.71. The van der Waals surface area contributed by atoms with E-state index in [-0.39, 0.29) is 30.0 Å². The van der Waals surface area contributed by atoms with Gasteiger partial charge >= 0.3 is 0 Å². The Kier molecular flexibility index (Phi) is 2.26. The van der Waals surface area contributed by atoms with Crippen LogP contribution in [0.1, 0.15) is 13.3 Å². The summed E-state index contributed by atoms with van der Waals surface area (Å²) in [7, 11) is 0. The molecular weight excluding hydrogens is 197 g/mol. The van der Waals surface area contributed by atoms with Crippen molar-refractivity contribution in [3.8, 4) is 0 Å². The van der Waals surface area contributed by atoms with Gasteiger partial charge in [-0.2, -0.15) is 0 Å². The van der Waals surface area contributed by atoms with Crippen LogP contribution in [0.25, 0.3) is 0 Å². The highest BCUT2D eigenvalue weighted by atomic mass is 19.1. The first-order valence-electron chi connectivity index (χ1n) is 4.72. The maximum Gasteiger partial charge on any atom is 0.237 e. The van der Waals surface area contributed by atoms with Gasteiger partial charge in [0.15, 0.2) is 0 Å². The van der Waals surface area contributed by atoms with E-state index >= 15 is 0 Å². The number of carbonyl (C=O) groups is 2. The van der Waals surface area contributed by atoms with Crippen LogP contribution in [0.3, 0.4) is 0 Å². The minimum atomic E-state index is -0.383. The number of rotatable bonds is 1. The second-order valence-electron chi connectivity index (χ2n) is 3.65. The van der Waals surface area contributed by atoms with Crippen LogP contribution in [0, 0.1) is 11.7 Å². The lowest BCUT2D eigenvalue weighted by Crippen LogP contribution is -2.29. The number of anilines is 1. The van der Waals surface area contributed by atoms with Crippen LogP contribution >= 0.6 is 0 Å². The SMILES string of the molecule is CC1CC(=O)N(c2ccc(F)cc2)C1=O. The van der Waals surface area contributed by atoms with Crippen LogP contribution in [0.2, 0.25) is 0 Å². The lowest BCUT2D eigenvalue weighted by Gasteiger charge is -2.13. The van der Waals surface area contributed by atoms with E-state index in [4.69, 9.17) is 0 Å². The Balaban J connectivity index is 2.35. The summed E-state index contributed by atoms with van der Waals surface area (Å²) in [5.74, 6) is -1.10. The first-order valence-corrected chi connectivity index (χ1v) is 4.72. The van der Waals surface area contributed by atoms with Gasteiger partial charge in [-0.25, -0.2) is 4.39 Å². The zero-order valence-corrected chi connectivity index (χ0v) is 8.24. The molecular formula is C11H10FNO2. The summed E-state index contributed by atoms with van der Waals surface area (Å²) in [6, 6.07) is 5.34. The number of carbonyl (C=O) groups excluding carboxylic acids is 2. The van der Waals surface area contributed by atoms with Crippen molar-refractivity contribution in [1.82, 2.24) is 0 Å². The molecule has 0 aliphatic carbocycles. The number of nitrogens with zero attached hydrogens (tertiary/aromatic N) is 1. The van der Waals surface area contributed by atoms with E-state index in [0.29, 0.717) is 5.69 Å². The van der Waals surface area contributed by atoms with E-state index in [1.807, 2.05) is 0 Å². The molecule has 1 unspecified atom stereocenters. The van der Waals surface area contributed by atoms with Gasteiger partial charge < -0.3 is 0 Å². The average Bonchev–Trinajstić information content (AvgIpc) is 2.44. The second-order valence-corrected chi connectivity index (χ2v) is 3.65. The number of imide groups is 1. The Bertz CT molecular complexity index is 413. The fraction of sp³-hybridized carbons (Fsp3) is 0.273. The van der Waals surface area contributed by atoms with Crippen molar-refractivity contribution in [3.63, 3.8) is 0 Å². The maximum absolute atomic E-state index is 12.7. The Labute approximate surface area is 86.5 Å². The molecule has 1 heterocycles. The number of hydrogen-bond donors (Lipinski definition) is 0. The van der Waals surface area contributed by atoms with E-state index in [1.54, 1.807) is 6.92 Å². The molecule has 2 amide bonds. The number of amides is 2. The van der Waals surface area contributed by atoms with E-state index in [2.05, 4.69) is 0 Å². The minimum Gasteiger partial charge on any atom is -0.274 e. The van der Waals surface area contributed by atoms with Gasteiger partial charge in [0.25, 0.3) is 0 Å². The van der Waals surface area contributed by atoms with Crippen LogP contribution < -0.4 is 4.90 Å². The van der Waals surface area contributed by atoms with Crippen LogP contribution in [-0.4, -0.2) is 11.8 Å². The van der Waals surface area contributed by atoms with Crippen LogP contribution in [-0.2, 0) is 9.59 Å². The molecule has 1 fully saturated rings. The molecule has 78 valence electrons. The van der Waals surface area contributed by atoms with Gasteiger partial charge in [0.1, 0.15) is 5.82 Å². The van der Waals surface area contributed by atoms with Crippen molar-refractivity contribution in [1.29, 1.82) is 0 Å². The van der Waals surface area contributed by atoms with Crippen LogP contribution in [0.4, 0.5) is 10.1 Å². The van der Waals surface area contributed by atoms with E-state index in [9.17, 15) is 14.0 Å². The fourth-order valence-corrected chi connectivity index (χ4v) is 1.65. The monoisotopic (exact) mass is 207 g/mol. The quantitative estimate of drug-likeness (QED) is 0.657. The zero-order chi connectivity index (χ0) is 11.0. The predicted molar refractivity (Wildman–Crippen MR) is 52.7 cm³/mol. The summed E-state index contributed by atoms with van der Waals surface area (Å²) in [4.78, 5) is 24.2. The third-order valence-electron chi connectivity index (χ3n) is 2.46. The maximum atomic E-state index is 12.7. The highest BCUT2D eigenvalue weighted by molar-refractivity contribution is 6.20. The van der Waals surface area contributed by atoms with Gasteiger partial charge in [0.05, 0.1) is 5.69 Å². The molecule has 0 radical (unpaired) electrons. The predicted octanol–water partition coefficient (Wildman–Crippen LogP) is 1.73. The summed E-state index contributed by atoms with van der Waals surface area (Å²) in [5, 5.41) is 0. The molecule has 15 heavy (non-hydrogen) atoms. The molecule has 1 saturated heterocycles. The first kappa shape index (κ1) is 9.83. The van der Waals surface area contributed by atoms with E-state index in [0.717, 1.165) is 4.90 Å². The molecule has 0 bridgehead atoms. The molecule has 1 atom stereocenters. The Morgan fingerprint density at radius 3 is 2.33 bits per heavy atom. The summed E-state index contributed by atoms with van der Waals surface area (Å²) < 4.78 is 12.7. The molecule has 1 aliphatic rings. The molecule has 1 aromatic carbocycles. The summed E-state index contributed by atoms with van der Waals surface area (Å²) in [6.07, 6.45) is 0.232. The van der Waals surface area contributed by atoms with Gasteiger partial charge in [-0.05, 0) is 24.3 Å². The van der Waals surface area contributed by atoms with Gasteiger partial charge in [-0.15, -0.1) is 0 Å². The van der Waals surface area contributed by atoms with E-state index in [1.165, 1.54) is 24.3 Å². The summed E-state index contributed by atoms with van der Waals surface area (Å²) >= 11 is 0. The van der Waals surface area contributed by atoms with Crippen molar-refractivity contribution < 1.29 is 14.0 Å². The Morgan fingerprint density at radius 2 is 1.87 bits per heavy atom. The largest absolute Gasteiger partial charge is 0.274 e. The molecule has 2 rings (SSSR count). The van der Waals surface area contributed by atoms with Crippen molar-refractivity contribution in [2.45, 2.75) is 13.3 Å². The Hall–Kier alpha value is -1.71. The van der Waals surface area contributed by atoms with Crippen molar-refractivity contribution in [2.75, 3.05) is 4.90 Å². The average molecular weight is 207 g/mol. The second kappa shape index (κ2) is 3.46. The first-order chi connectivity index (χ1) is 7.09. The normalized spacial score (nSPS) is 21.2. The summed E-state index contributed by atoms with van der Waals surface area (Å²) in [5.41, 5.74) is 0.441. The molecule has 0 saturated carbocycles. The van der Waals surface area contributed by atoms with Crippen molar-refractivity contribution in [2.24, 2.45) is 5.92 Å². The van der Waals surface area contributed by atoms with Gasteiger partial charge in [-0.1, -0.05) is 6.92 Å². The van der Waals surface area contributed by atoms with Crippen LogP contribution in [0.15, 0.2) is 24.3 Å². The fourth-order valence-electron chi connectivity index (χ4n) is 1.65. The Morgan fingerprint density at radius 1 is 1.27 bits per heavy atom. The van der Waals surface area contributed by atoms with Crippen LogP contribution in [0.5, 0.6) is 0 Å². The standard InChI is InChI=1S/C11H10FNO2/c1-7-6-10(14)13(11(7)15)9-4-2-8(12)3-5-9/h2-5,7H,6H2,1H3. The van der Waals surface area contributed by atoms with Gasteiger partial charge in [0, 0.05) is 12.3 Å². The van der Waals surface area contributed by atoms with Crippen molar-refractivity contribution in [3.05, 3.63) is 30.1 Å². The minimum absolute atomic E-state index is 0.216. The highest BCUT2D eigenvalue weighted by Crippen LogP contribution is 2.25. The number of hydrogen-bond acceptors (Lipinski definition) is 2. The molecule has 3 nitrogen and oxygen atoms in total. The zero-order valence-electron chi connectivity index (χ0n) is 8.24. The number of halogens is 1. The van der Waals surface area contributed by atoms with E-state index < -0.39 is 0 Å². The third-order valence-corrected chi connectivity index (χ3v) is 2.46. The lowest BCUT2D eigenvalue weighted by atomic mass is 10.1. The highest BCUT2D eigenvalue weighted by Gasteiger charge is 2.36. The molecule has 0 spiro atoms. The smallest absolute Gasteiger partial charge is 0.237 e. The lowest BCUT2D eigenvalue weighted by molar-refractivity contribution is -0.122. The number of benzene rings is 1. The molecule has 0 aromatic heterocycles. The topological polar surface area (TPSA) is 37.4 Å². The van der Waals surface area contributed by atoms with Crippen molar-refractivity contribution >= 4 is 17.5 Å². The molecule has 0 N–H and O–H groups in total. The van der Waals surface area contributed by atoms with Gasteiger partial charge in [-0.3, -0.25) is 14.5 Å². The third kappa shape index (κ3) is 1.63. The molecule has 1 aliphatic heterocycles. The molecule has 4 heteroatoms. The van der Waals surface area contributed by atoms with Gasteiger partial charge in [0.2, 0.25) is 11.8 Å². The molecule has 1 aromatic rings.